The zero-order valence-corrected chi connectivity index (χ0v) is 24.3. The number of nitrogens with zero attached hydrogens (tertiary/aromatic N) is 2. The molecule has 0 aliphatic carbocycles. The van der Waals surface area contributed by atoms with Crippen LogP contribution in [0.3, 0.4) is 0 Å². The van der Waals surface area contributed by atoms with Crippen LogP contribution in [0.25, 0.3) is 10.1 Å². The average molecular weight is 605 g/mol. The van der Waals surface area contributed by atoms with Crippen molar-refractivity contribution in [2.24, 2.45) is 0 Å². The summed E-state index contributed by atoms with van der Waals surface area (Å²) in [7, 11) is 1.37. The molecular formula is C27H23Cl2N3O3S3. The van der Waals surface area contributed by atoms with E-state index in [9.17, 15) is 9.59 Å². The van der Waals surface area contributed by atoms with Crippen molar-refractivity contribution in [1.29, 1.82) is 0 Å². The van der Waals surface area contributed by atoms with Gasteiger partial charge < -0.3 is 19.9 Å². The number of thiophene rings is 2. The molecule has 1 aliphatic rings. The van der Waals surface area contributed by atoms with Crippen molar-refractivity contribution in [2.45, 2.75) is 6.42 Å². The summed E-state index contributed by atoms with van der Waals surface area (Å²) >= 11 is 21.2. The Morgan fingerprint density at radius 1 is 1.00 bits per heavy atom. The number of nitrogens with one attached hydrogen (secondary N) is 1. The van der Waals surface area contributed by atoms with Gasteiger partial charge in [0, 0.05) is 52.6 Å². The summed E-state index contributed by atoms with van der Waals surface area (Å²) in [6.45, 7) is 2.11. The van der Waals surface area contributed by atoms with Gasteiger partial charge >= 0.3 is 5.97 Å². The molecule has 0 bridgehead atoms. The molecule has 1 saturated heterocycles. The Morgan fingerprint density at radius 3 is 2.42 bits per heavy atom. The van der Waals surface area contributed by atoms with E-state index in [-0.39, 0.29) is 5.91 Å². The van der Waals surface area contributed by atoms with E-state index in [0.717, 1.165) is 20.5 Å². The van der Waals surface area contributed by atoms with E-state index in [1.807, 2.05) is 41.3 Å². The molecule has 196 valence electrons. The number of anilines is 1. The molecule has 1 amide bonds. The number of amides is 1. The molecule has 0 radical (unpaired) electrons. The quantitative estimate of drug-likeness (QED) is 0.200. The molecule has 3 heterocycles. The highest BCUT2D eigenvalue weighted by molar-refractivity contribution is 7.80. The van der Waals surface area contributed by atoms with Crippen LogP contribution in [0, 0.1) is 0 Å². The zero-order valence-electron chi connectivity index (χ0n) is 20.3. The third kappa shape index (κ3) is 5.67. The third-order valence-electron chi connectivity index (χ3n) is 6.27. The Hall–Kier alpha value is -2.69. The number of piperazine rings is 1. The van der Waals surface area contributed by atoms with Gasteiger partial charge in [0.05, 0.1) is 17.7 Å². The van der Waals surface area contributed by atoms with Crippen LogP contribution in [0.5, 0.6) is 0 Å². The molecule has 2 aromatic heterocycles. The molecule has 0 unspecified atom stereocenters. The topological polar surface area (TPSA) is 61.9 Å². The summed E-state index contributed by atoms with van der Waals surface area (Å²) in [5.41, 5.74) is 1.61. The first-order chi connectivity index (χ1) is 18.3. The number of hydrogen-bond acceptors (Lipinski definition) is 6. The maximum absolute atomic E-state index is 13.3. The Morgan fingerprint density at radius 2 is 1.71 bits per heavy atom. The lowest BCUT2D eigenvalue weighted by molar-refractivity contribution is 0.0601. The summed E-state index contributed by atoms with van der Waals surface area (Å²) in [6.07, 6.45) is 0.706. The maximum Gasteiger partial charge on any atom is 0.340 e. The van der Waals surface area contributed by atoms with Crippen molar-refractivity contribution in [3.63, 3.8) is 0 Å². The first-order valence-electron chi connectivity index (χ1n) is 11.8. The van der Waals surface area contributed by atoms with Gasteiger partial charge in [0.2, 0.25) is 0 Å². The molecule has 5 rings (SSSR count). The molecular weight excluding hydrogens is 581 g/mol. The number of halogens is 2. The summed E-state index contributed by atoms with van der Waals surface area (Å²) < 4.78 is 5.89. The SMILES string of the molecule is COC(=O)c1cc(Cc2ccccc2)sc1NC(=S)N1CCN(C(=O)c2sc3cc(Cl)ccc3c2Cl)CC1. The second-order valence-corrected chi connectivity index (χ2v) is 12.1. The highest BCUT2D eigenvalue weighted by Crippen LogP contribution is 2.37. The molecule has 1 fully saturated rings. The minimum atomic E-state index is -0.414. The van der Waals surface area contributed by atoms with Crippen molar-refractivity contribution in [3.05, 3.63) is 85.5 Å². The molecule has 38 heavy (non-hydrogen) atoms. The van der Waals surface area contributed by atoms with Crippen LogP contribution >= 0.6 is 58.1 Å². The molecule has 1 aliphatic heterocycles. The van der Waals surface area contributed by atoms with Gasteiger partial charge in [-0.2, -0.15) is 0 Å². The van der Waals surface area contributed by atoms with Crippen LogP contribution in [0.1, 0.15) is 30.5 Å². The van der Waals surface area contributed by atoms with Crippen LogP contribution in [-0.4, -0.2) is 60.1 Å². The fraction of sp³-hybridized carbons (Fsp3) is 0.222. The summed E-state index contributed by atoms with van der Waals surface area (Å²) in [5.74, 6) is -0.509. The van der Waals surface area contributed by atoms with Crippen LogP contribution in [0.2, 0.25) is 10.0 Å². The third-order valence-corrected chi connectivity index (χ3v) is 9.56. The molecule has 4 aromatic rings. The minimum absolute atomic E-state index is 0.0948. The molecule has 6 nitrogen and oxygen atoms in total. The van der Waals surface area contributed by atoms with Crippen LogP contribution in [0.15, 0.2) is 54.6 Å². The maximum atomic E-state index is 13.3. The second kappa shape index (κ2) is 11.6. The number of fused-ring (bicyclic) bond motifs is 1. The minimum Gasteiger partial charge on any atom is -0.465 e. The highest BCUT2D eigenvalue weighted by Gasteiger charge is 2.28. The fourth-order valence-electron chi connectivity index (χ4n) is 4.29. The Kier molecular flexibility index (Phi) is 8.20. The monoisotopic (exact) mass is 603 g/mol. The lowest BCUT2D eigenvalue weighted by Gasteiger charge is -2.36. The van der Waals surface area contributed by atoms with Gasteiger partial charge in [-0.3, -0.25) is 4.79 Å². The lowest BCUT2D eigenvalue weighted by Crippen LogP contribution is -2.51. The van der Waals surface area contributed by atoms with Crippen molar-refractivity contribution < 1.29 is 14.3 Å². The normalized spacial score (nSPS) is 13.6. The largest absolute Gasteiger partial charge is 0.465 e. The smallest absolute Gasteiger partial charge is 0.340 e. The number of carbonyl (C=O) groups excluding carboxylic acids is 2. The van der Waals surface area contributed by atoms with Crippen molar-refractivity contribution in [3.8, 4) is 0 Å². The number of carbonyl (C=O) groups is 2. The standard InChI is InChI=1S/C27H23Cl2N3O3S3/c1-35-26(34)20-15-18(13-16-5-3-2-4-6-16)37-24(20)30-27(36)32-11-9-31(10-12-32)25(33)23-22(29)19-8-7-17(28)14-21(19)38-23/h2-8,14-15H,9-13H2,1H3,(H,30,36). The van der Waals surface area contributed by atoms with Crippen molar-refractivity contribution in [1.82, 2.24) is 9.80 Å². The van der Waals surface area contributed by atoms with Gasteiger partial charge in [-0.1, -0.05) is 59.6 Å². The molecule has 11 heteroatoms. The predicted molar refractivity (Wildman–Crippen MR) is 160 cm³/mol. The number of ether oxygens (including phenoxy) is 1. The van der Waals surface area contributed by atoms with E-state index < -0.39 is 5.97 Å². The molecule has 2 aromatic carbocycles. The zero-order chi connectivity index (χ0) is 26.8. The number of esters is 1. The van der Waals surface area contributed by atoms with E-state index in [0.29, 0.717) is 63.2 Å². The first kappa shape index (κ1) is 26.9. The van der Waals surface area contributed by atoms with E-state index in [1.54, 1.807) is 11.0 Å². The Labute approximate surface area is 243 Å². The van der Waals surface area contributed by atoms with Crippen LogP contribution < -0.4 is 5.32 Å². The molecule has 1 N–H and O–H groups in total. The number of thiocarbonyl (C=S) groups is 1. The Balaban J connectivity index is 1.24. The van der Waals surface area contributed by atoms with Gasteiger partial charge in [-0.15, -0.1) is 22.7 Å². The van der Waals surface area contributed by atoms with E-state index in [4.69, 9.17) is 40.2 Å². The van der Waals surface area contributed by atoms with E-state index >= 15 is 0 Å². The lowest BCUT2D eigenvalue weighted by atomic mass is 10.1. The van der Waals surface area contributed by atoms with Crippen molar-refractivity contribution in [2.75, 3.05) is 38.6 Å². The summed E-state index contributed by atoms with van der Waals surface area (Å²) in [6, 6.07) is 17.4. The highest BCUT2D eigenvalue weighted by atomic mass is 35.5. The van der Waals surface area contributed by atoms with Gasteiger partial charge in [0.25, 0.3) is 5.91 Å². The van der Waals surface area contributed by atoms with Gasteiger partial charge in [0.15, 0.2) is 5.11 Å². The fourth-order valence-corrected chi connectivity index (χ4v) is 7.47. The second-order valence-electron chi connectivity index (χ2n) is 8.70. The van der Waals surface area contributed by atoms with E-state index in [2.05, 4.69) is 17.4 Å². The number of rotatable bonds is 5. The summed E-state index contributed by atoms with van der Waals surface area (Å²) in [5, 5.41) is 6.31. The van der Waals surface area contributed by atoms with Crippen LogP contribution in [0.4, 0.5) is 5.00 Å². The predicted octanol–water partition coefficient (Wildman–Crippen LogP) is 6.80. The van der Waals surface area contributed by atoms with Gasteiger partial charge in [0.1, 0.15) is 9.88 Å². The van der Waals surface area contributed by atoms with Gasteiger partial charge in [-0.05, 0) is 36.0 Å². The molecule has 0 spiro atoms. The number of methoxy groups -OCH3 is 1. The summed E-state index contributed by atoms with van der Waals surface area (Å²) in [4.78, 5) is 31.0. The van der Waals surface area contributed by atoms with Crippen LogP contribution in [-0.2, 0) is 11.2 Å². The number of benzene rings is 2. The molecule has 0 saturated carbocycles. The van der Waals surface area contributed by atoms with E-state index in [1.165, 1.54) is 29.8 Å². The van der Waals surface area contributed by atoms with Crippen molar-refractivity contribution >= 4 is 90.2 Å². The number of hydrogen-bond donors (Lipinski definition) is 1. The first-order valence-corrected chi connectivity index (χ1v) is 14.6. The Bertz CT molecular complexity index is 1510. The average Bonchev–Trinajstić information content (AvgIpc) is 3.48. The molecule has 0 atom stereocenters. The van der Waals surface area contributed by atoms with Gasteiger partial charge in [-0.25, -0.2) is 4.79 Å².